The molecule has 4 nitrogen and oxygen atoms in total. The molecule has 0 unspecified atom stereocenters. The van der Waals surface area contributed by atoms with Crippen molar-refractivity contribution in [3.63, 3.8) is 0 Å². The third kappa shape index (κ3) is 5.09. The molecule has 0 fully saturated rings. The van der Waals surface area contributed by atoms with Crippen LogP contribution in [0.1, 0.15) is 21.5 Å². The van der Waals surface area contributed by atoms with Gasteiger partial charge in [0.2, 0.25) is 0 Å². The van der Waals surface area contributed by atoms with Crippen LogP contribution >= 0.6 is 0 Å². The van der Waals surface area contributed by atoms with Crippen LogP contribution in [0.2, 0.25) is 0 Å². The zero-order valence-corrected chi connectivity index (χ0v) is 14.8. The number of hydrogen-bond acceptors (Lipinski definition) is 3. The fourth-order valence-electron chi connectivity index (χ4n) is 2.66. The third-order valence-corrected chi connectivity index (χ3v) is 4.05. The maximum atomic E-state index is 12.9. The molecule has 0 radical (unpaired) electrons. The highest BCUT2D eigenvalue weighted by atomic mass is 19.4. The fraction of sp³-hybridized carbons (Fsp3) is 0.143. The maximum Gasteiger partial charge on any atom is 0.416 e. The summed E-state index contributed by atoms with van der Waals surface area (Å²) in [7, 11) is 0. The van der Waals surface area contributed by atoms with Gasteiger partial charge in [0.1, 0.15) is 5.82 Å². The molecule has 0 saturated carbocycles. The molecular weight excluding hydrogens is 367 g/mol. The molecule has 2 aromatic carbocycles. The largest absolute Gasteiger partial charge is 0.416 e. The summed E-state index contributed by atoms with van der Waals surface area (Å²) in [4.78, 5) is 16.6. The Morgan fingerprint density at radius 1 is 0.964 bits per heavy atom. The Hall–Kier alpha value is -3.35. The number of carbonyl (C=O) groups is 1. The Morgan fingerprint density at radius 2 is 1.75 bits per heavy atom. The summed E-state index contributed by atoms with van der Waals surface area (Å²) < 4.78 is 38.7. The van der Waals surface area contributed by atoms with Gasteiger partial charge in [-0.15, -0.1) is 0 Å². The van der Waals surface area contributed by atoms with Crippen LogP contribution in [-0.4, -0.2) is 17.4 Å². The van der Waals surface area contributed by atoms with Crippen LogP contribution in [-0.2, 0) is 12.6 Å². The molecule has 1 amide bonds. The molecule has 28 heavy (non-hydrogen) atoms. The molecule has 1 aromatic heterocycles. The monoisotopic (exact) mass is 385 g/mol. The molecule has 0 aliphatic heterocycles. The smallest absolute Gasteiger partial charge is 0.352 e. The summed E-state index contributed by atoms with van der Waals surface area (Å²) in [6.45, 7) is 0.431. The van der Waals surface area contributed by atoms with Crippen molar-refractivity contribution in [1.29, 1.82) is 0 Å². The van der Waals surface area contributed by atoms with Crippen LogP contribution in [0.15, 0.2) is 72.9 Å². The number of aromatic nitrogens is 1. The molecule has 0 atom stereocenters. The van der Waals surface area contributed by atoms with Crippen molar-refractivity contribution in [3.8, 4) is 0 Å². The number of carbonyl (C=O) groups excluding carboxylic acids is 1. The van der Waals surface area contributed by atoms with Crippen molar-refractivity contribution >= 4 is 17.4 Å². The number of rotatable bonds is 6. The highest BCUT2D eigenvalue weighted by Crippen LogP contribution is 2.31. The summed E-state index contributed by atoms with van der Waals surface area (Å²) in [5.41, 5.74) is 0.776. The number of nitrogens with zero attached hydrogens (tertiary/aromatic N) is 1. The first-order valence-corrected chi connectivity index (χ1v) is 8.65. The number of hydrogen-bond donors (Lipinski definition) is 2. The number of anilines is 2. The second kappa shape index (κ2) is 8.56. The lowest BCUT2D eigenvalue weighted by atomic mass is 10.1. The summed E-state index contributed by atoms with van der Waals surface area (Å²) >= 11 is 0. The number of halogens is 3. The van der Waals surface area contributed by atoms with Crippen molar-refractivity contribution < 1.29 is 18.0 Å². The Morgan fingerprint density at radius 3 is 2.50 bits per heavy atom. The number of pyridine rings is 1. The average Bonchev–Trinajstić information content (AvgIpc) is 2.69. The van der Waals surface area contributed by atoms with Gasteiger partial charge in [-0.3, -0.25) is 4.79 Å². The third-order valence-electron chi connectivity index (χ3n) is 4.05. The van der Waals surface area contributed by atoms with Gasteiger partial charge in [0, 0.05) is 18.4 Å². The predicted octanol–water partition coefficient (Wildman–Crippen LogP) is 4.82. The molecule has 2 N–H and O–H groups in total. The van der Waals surface area contributed by atoms with E-state index in [0.717, 1.165) is 17.7 Å². The minimum Gasteiger partial charge on any atom is -0.352 e. The minimum absolute atomic E-state index is 0.194. The van der Waals surface area contributed by atoms with Crippen LogP contribution < -0.4 is 10.6 Å². The molecule has 3 aromatic rings. The molecule has 7 heteroatoms. The number of alkyl halides is 3. The van der Waals surface area contributed by atoms with Crippen LogP contribution in [0.4, 0.5) is 24.7 Å². The van der Waals surface area contributed by atoms with Gasteiger partial charge in [-0.05, 0) is 42.3 Å². The van der Waals surface area contributed by atoms with Gasteiger partial charge in [-0.2, -0.15) is 13.2 Å². The first kappa shape index (κ1) is 19.4. The van der Waals surface area contributed by atoms with E-state index in [1.807, 2.05) is 30.3 Å². The van der Waals surface area contributed by atoms with E-state index in [-0.39, 0.29) is 23.0 Å². The van der Waals surface area contributed by atoms with Crippen LogP contribution in [0.5, 0.6) is 0 Å². The highest BCUT2D eigenvalue weighted by Gasteiger charge is 2.30. The van der Waals surface area contributed by atoms with E-state index in [1.54, 1.807) is 12.1 Å². The first-order chi connectivity index (χ1) is 13.4. The quantitative estimate of drug-likeness (QED) is 0.640. The molecule has 0 aliphatic carbocycles. The molecule has 0 bridgehead atoms. The molecule has 1 heterocycles. The standard InChI is InChI=1S/C21H18F3N3O/c22-21(23,24)16-8-4-9-17(14-16)27-19-18(10-5-12-25-19)20(28)26-13-11-15-6-2-1-3-7-15/h1-10,12,14H,11,13H2,(H,25,27)(H,26,28). The van der Waals surface area contributed by atoms with Gasteiger partial charge in [0.15, 0.2) is 0 Å². The molecule has 0 aliphatic rings. The minimum atomic E-state index is -4.44. The molecular formula is C21H18F3N3O. The lowest BCUT2D eigenvalue weighted by Crippen LogP contribution is -2.26. The fourth-order valence-corrected chi connectivity index (χ4v) is 2.66. The van der Waals surface area contributed by atoms with Crippen molar-refractivity contribution in [3.05, 3.63) is 89.6 Å². The van der Waals surface area contributed by atoms with Gasteiger partial charge < -0.3 is 10.6 Å². The van der Waals surface area contributed by atoms with Crippen LogP contribution in [0, 0.1) is 0 Å². The SMILES string of the molecule is O=C(NCCc1ccccc1)c1cccnc1Nc1cccc(C(F)(F)F)c1. The van der Waals surface area contributed by atoms with Gasteiger partial charge >= 0.3 is 6.18 Å². The lowest BCUT2D eigenvalue weighted by Gasteiger charge is -2.13. The Kier molecular flexibility index (Phi) is 5.93. The molecule has 144 valence electrons. The van der Waals surface area contributed by atoms with E-state index < -0.39 is 11.7 Å². The highest BCUT2D eigenvalue weighted by molar-refractivity contribution is 5.99. The molecule has 0 spiro atoms. The number of nitrogens with one attached hydrogen (secondary N) is 2. The van der Waals surface area contributed by atoms with Gasteiger partial charge in [0.25, 0.3) is 5.91 Å². The van der Waals surface area contributed by atoms with Crippen LogP contribution in [0.25, 0.3) is 0 Å². The van der Waals surface area contributed by atoms with Crippen molar-refractivity contribution in [2.75, 3.05) is 11.9 Å². The second-order valence-electron chi connectivity index (χ2n) is 6.09. The number of benzene rings is 2. The molecule has 0 saturated heterocycles. The van der Waals surface area contributed by atoms with Gasteiger partial charge in [-0.1, -0.05) is 36.4 Å². The zero-order valence-electron chi connectivity index (χ0n) is 14.8. The van der Waals surface area contributed by atoms with E-state index in [9.17, 15) is 18.0 Å². The Bertz CT molecular complexity index is 943. The summed E-state index contributed by atoms with van der Waals surface area (Å²) in [5, 5.41) is 5.61. The zero-order chi connectivity index (χ0) is 20.0. The van der Waals surface area contributed by atoms with Crippen molar-refractivity contribution in [2.45, 2.75) is 12.6 Å². The van der Waals surface area contributed by atoms with E-state index in [0.29, 0.717) is 13.0 Å². The molecule has 3 rings (SSSR count). The summed E-state index contributed by atoms with van der Waals surface area (Å²) in [5.74, 6) is -0.155. The van der Waals surface area contributed by atoms with E-state index in [1.165, 1.54) is 18.3 Å². The van der Waals surface area contributed by atoms with E-state index >= 15 is 0 Å². The second-order valence-corrected chi connectivity index (χ2v) is 6.09. The lowest BCUT2D eigenvalue weighted by molar-refractivity contribution is -0.137. The maximum absolute atomic E-state index is 12.9. The summed E-state index contributed by atoms with van der Waals surface area (Å²) in [6.07, 6.45) is -2.31. The van der Waals surface area contributed by atoms with E-state index in [2.05, 4.69) is 15.6 Å². The average molecular weight is 385 g/mol. The Balaban J connectivity index is 1.70. The summed E-state index contributed by atoms with van der Waals surface area (Å²) in [6, 6.07) is 17.6. The topological polar surface area (TPSA) is 54.0 Å². The Labute approximate surface area is 160 Å². The van der Waals surface area contributed by atoms with Crippen molar-refractivity contribution in [1.82, 2.24) is 10.3 Å². The van der Waals surface area contributed by atoms with E-state index in [4.69, 9.17) is 0 Å². The van der Waals surface area contributed by atoms with Gasteiger partial charge in [0.05, 0.1) is 11.1 Å². The van der Waals surface area contributed by atoms with Crippen LogP contribution in [0.3, 0.4) is 0 Å². The predicted molar refractivity (Wildman–Crippen MR) is 101 cm³/mol. The first-order valence-electron chi connectivity index (χ1n) is 8.65. The normalized spacial score (nSPS) is 11.1. The number of amides is 1. The van der Waals surface area contributed by atoms with Crippen molar-refractivity contribution in [2.24, 2.45) is 0 Å². The van der Waals surface area contributed by atoms with Gasteiger partial charge in [-0.25, -0.2) is 4.98 Å².